The number of rotatable bonds is 2. The largest absolute Gasteiger partial charge is 0.496 e. The van der Waals surface area contributed by atoms with Crippen LogP contribution < -0.4 is 5.46 Å². The van der Waals surface area contributed by atoms with Gasteiger partial charge in [0.15, 0.2) is 11.3 Å². The zero-order chi connectivity index (χ0) is 44.8. The van der Waals surface area contributed by atoms with Crippen molar-refractivity contribution in [3.05, 3.63) is 107 Å². The van der Waals surface area contributed by atoms with E-state index in [0.29, 0.717) is 20.6 Å². The van der Waals surface area contributed by atoms with Crippen molar-refractivity contribution in [2.24, 2.45) is 0 Å². The van der Waals surface area contributed by atoms with Crippen LogP contribution in [0.1, 0.15) is 61.6 Å². The minimum atomic E-state index is -4.82. The smallest absolute Gasteiger partial charge is 0.399 e. The van der Waals surface area contributed by atoms with E-state index in [1.165, 1.54) is 30.3 Å². The molecule has 0 saturated carbocycles. The second-order valence-electron chi connectivity index (χ2n) is 13.3. The normalized spacial score (nSPS) is 14.9. The van der Waals surface area contributed by atoms with Crippen molar-refractivity contribution in [1.82, 2.24) is 39.6 Å². The van der Waals surface area contributed by atoms with E-state index >= 15 is 0 Å². The SMILES string of the molecule is CC1(C)OB(c2ccc(C(F)(F)F)cc2C#N)OC1(C)C.FC(F)(F)c1nnc2ccc(Cl)nn12.N#Cc1cc(C(F)(F)F)ccc1-c1ccc2nnc(C(F)(F)F)n2n1.[CH3-]. The monoisotopic (exact) mass is 891 g/mol. The predicted molar refractivity (Wildman–Crippen MR) is 190 cm³/mol. The molecule has 1 aliphatic heterocycles. The van der Waals surface area contributed by atoms with Crippen LogP contribution in [0.15, 0.2) is 60.7 Å². The molecule has 0 amide bonds. The number of benzene rings is 2. The molecule has 0 N–H and O–H groups in total. The molecule has 1 saturated heterocycles. The van der Waals surface area contributed by atoms with Crippen molar-refractivity contribution < 1.29 is 62.0 Å². The molecule has 1 fully saturated rings. The van der Waals surface area contributed by atoms with Crippen LogP contribution in [0.5, 0.6) is 0 Å². The molecule has 0 aliphatic carbocycles. The molecule has 7 rings (SSSR count). The molecule has 0 radical (unpaired) electrons. The lowest BCUT2D eigenvalue weighted by Gasteiger charge is -2.32. The van der Waals surface area contributed by atoms with E-state index in [1.807, 2.05) is 27.7 Å². The van der Waals surface area contributed by atoms with Crippen LogP contribution in [-0.2, 0) is 34.0 Å². The molecule has 0 bridgehead atoms. The summed E-state index contributed by atoms with van der Waals surface area (Å²) in [5, 5.41) is 37.9. The number of nitrogens with zero attached hydrogens (tertiary/aromatic N) is 10. The second-order valence-corrected chi connectivity index (χ2v) is 13.7. The number of alkyl halides is 12. The Morgan fingerprint density at radius 2 is 1.03 bits per heavy atom. The summed E-state index contributed by atoms with van der Waals surface area (Å²) in [5.41, 5.74) is -3.66. The molecule has 322 valence electrons. The zero-order valence-corrected chi connectivity index (χ0v) is 32.3. The van der Waals surface area contributed by atoms with Gasteiger partial charge in [0.05, 0.1) is 51.3 Å². The number of fused-ring (bicyclic) bond motifs is 2. The molecule has 4 aromatic heterocycles. The van der Waals surface area contributed by atoms with E-state index in [0.717, 1.165) is 24.3 Å². The number of nitriles is 2. The lowest BCUT2D eigenvalue weighted by molar-refractivity contribution is -0.147. The summed E-state index contributed by atoms with van der Waals surface area (Å²) >= 11 is 5.44. The Labute approximate surface area is 341 Å². The molecule has 6 aromatic rings. The Kier molecular flexibility index (Phi) is 13.1. The average Bonchev–Trinajstić information content (AvgIpc) is 3.83. The van der Waals surface area contributed by atoms with Gasteiger partial charge in [-0.05, 0) is 70.2 Å². The molecular formula is C35H25BClF12N10O2-. The van der Waals surface area contributed by atoms with E-state index in [1.54, 1.807) is 12.1 Å². The Morgan fingerprint density at radius 1 is 0.590 bits per heavy atom. The third kappa shape index (κ3) is 10.3. The zero-order valence-electron chi connectivity index (χ0n) is 31.6. The van der Waals surface area contributed by atoms with Gasteiger partial charge in [-0.25, -0.2) is 0 Å². The fourth-order valence-electron chi connectivity index (χ4n) is 5.09. The van der Waals surface area contributed by atoms with Gasteiger partial charge in [-0.3, -0.25) is 0 Å². The van der Waals surface area contributed by atoms with Crippen molar-refractivity contribution in [3.63, 3.8) is 0 Å². The van der Waals surface area contributed by atoms with Crippen molar-refractivity contribution in [2.45, 2.75) is 63.6 Å². The van der Waals surface area contributed by atoms with Crippen LogP contribution in [0.2, 0.25) is 5.15 Å². The maximum Gasteiger partial charge on any atom is 0.496 e. The minimum Gasteiger partial charge on any atom is -0.399 e. The highest BCUT2D eigenvalue weighted by atomic mass is 35.5. The predicted octanol–water partition coefficient (Wildman–Crippen LogP) is 8.82. The Bertz CT molecular complexity index is 2630. The molecule has 61 heavy (non-hydrogen) atoms. The third-order valence-corrected chi connectivity index (χ3v) is 8.95. The van der Waals surface area contributed by atoms with Crippen molar-refractivity contribution in [2.75, 3.05) is 0 Å². The molecule has 0 atom stereocenters. The highest BCUT2D eigenvalue weighted by Gasteiger charge is 2.52. The summed E-state index contributed by atoms with van der Waals surface area (Å²) in [7, 11) is -0.855. The Morgan fingerprint density at radius 3 is 1.49 bits per heavy atom. The lowest BCUT2D eigenvalue weighted by Crippen LogP contribution is -2.41. The quantitative estimate of drug-likeness (QED) is 0.0937. The fraction of sp³-hybridized carbons (Fsp3) is 0.286. The first kappa shape index (κ1) is 47.6. The summed E-state index contributed by atoms with van der Waals surface area (Å²) in [6.45, 7) is 7.35. The van der Waals surface area contributed by atoms with Crippen LogP contribution in [-0.4, -0.2) is 57.9 Å². The van der Waals surface area contributed by atoms with Gasteiger partial charge in [-0.2, -0.15) is 82.4 Å². The van der Waals surface area contributed by atoms with Gasteiger partial charge in [0.1, 0.15) is 5.15 Å². The highest BCUT2D eigenvalue weighted by Crippen LogP contribution is 2.38. The van der Waals surface area contributed by atoms with Crippen LogP contribution in [0, 0.1) is 30.1 Å². The van der Waals surface area contributed by atoms with Gasteiger partial charge in [-0.1, -0.05) is 29.8 Å². The summed E-state index contributed by atoms with van der Waals surface area (Å²) < 4.78 is 164. The molecular weight excluding hydrogens is 867 g/mol. The maximum atomic E-state index is 12.9. The number of halogens is 13. The van der Waals surface area contributed by atoms with Crippen LogP contribution >= 0.6 is 11.6 Å². The molecule has 0 spiro atoms. The minimum absolute atomic E-state index is 0. The summed E-state index contributed by atoms with van der Waals surface area (Å²) in [4.78, 5) is 0. The van der Waals surface area contributed by atoms with E-state index in [4.69, 9.17) is 31.4 Å². The molecule has 2 aromatic carbocycles. The van der Waals surface area contributed by atoms with Gasteiger partial charge in [0, 0.05) is 11.0 Å². The Hall–Kier alpha value is -6.05. The fourth-order valence-corrected chi connectivity index (χ4v) is 5.23. The first-order valence-corrected chi connectivity index (χ1v) is 16.8. The standard InChI is InChI=1S/C14H15BF3NO2.C14H5F6N5.C6H2ClF3N4.CH3/c1-12(2)13(3,4)21-15(20-12)11-6-5-10(14(16,17)18)7-9(11)8-19;15-13(16,17)8-1-2-9(7(5-8)6-21)10-3-4-11-22-23-12(14(18,19)20)25(11)24-10;7-3-1-2-4-11-12-5(6(8,9)10)14(4)13-3;/h5-7H,1-4H3;1-5H;1-2H;1H3/q;;;-1. The van der Waals surface area contributed by atoms with Crippen molar-refractivity contribution >= 4 is 35.5 Å². The van der Waals surface area contributed by atoms with Gasteiger partial charge in [0.2, 0.25) is 0 Å². The van der Waals surface area contributed by atoms with Crippen molar-refractivity contribution in [3.8, 4) is 23.4 Å². The van der Waals surface area contributed by atoms with E-state index in [9.17, 15) is 52.7 Å². The average molecular weight is 892 g/mol. The van der Waals surface area contributed by atoms with Gasteiger partial charge < -0.3 is 16.7 Å². The first-order valence-electron chi connectivity index (χ1n) is 16.4. The summed E-state index contributed by atoms with van der Waals surface area (Å²) in [5.74, 6) is -2.57. The maximum absolute atomic E-state index is 12.9. The highest BCUT2D eigenvalue weighted by molar-refractivity contribution is 6.62. The number of hydrogen-bond acceptors (Lipinski definition) is 10. The molecule has 26 heteroatoms. The second kappa shape index (κ2) is 16.8. The van der Waals surface area contributed by atoms with Crippen LogP contribution in [0.25, 0.3) is 22.6 Å². The topological polar surface area (TPSA) is 152 Å². The molecule has 1 aliphatic rings. The van der Waals surface area contributed by atoms with E-state index in [2.05, 4.69) is 30.6 Å². The Balaban J connectivity index is 0.000000207. The first-order chi connectivity index (χ1) is 27.6. The summed E-state index contributed by atoms with van der Waals surface area (Å²) in [6, 6.07) is 13.7. The number of hydrogen-bond donors (Lipinski definition) is 0. The molecule has 0 unspecified atom stereocenters. The van der Waals surface area contributed by atoms with Crippen LogP contribution in [0.4, 0.5) is 52.7 Å². The van der Waals surface area contributed by atoms with Crippen LogP contribution in [0.3, 0.4) is 0 Å². The van der Waals surface area contributed by atoms with Gasteiger partial charge in [-0.15, -0.1) is 20.4 Å². The van der Waals surface area contributed by atoms with E-state index in [-0.39, 0.29) is 46.3 Å². The van der Waals surface area contributed by atoms with Gasteiger partial charge >= 0.3 is 31.8 Å². The van der Waals surface area contributed by atoms with E-state index < -0.39 is 65.8 Å². The van der Waals surface area contributed by atoms with Crippen molar-refractivity contribution in [1.29, 1.82) is 10.5 Å². The lowest BCUT2D eigenvalue weighted by atomic mass is 9.75. The number of aromatic nitrogens is 8. The van der Waals surface area contributed by atoms with Gasteiger partial charge in [0.25, 0.3) is 11.6 Å². The summed E-state index contributed by atoms with van der Waals surface area (Å²) in [6.07, 6.45) is -18.5. The third-order valence-electron chi connectivity index (χ3n) is 8.75. The molecule has 12 nitrogen and oxygen atoms in total. The molecule has 5 heterocycles.